The zero-order valence-electron chi connectivity index (χ0n) is 11.5. The van der Waals surface area contributed by atoms with Crippen molar-refractivity contribution in [2.45, 2.75) is 32.6 Å². The number of benzene rings is 1. The minimum absolute atomic E-state index is 0.0508. The lowest BCUT2D eigenvalue weighted by atomic mass is 10.0. The molecule has 4 nitrogen and oxygen atoms in total. The van der Waals surface area contributed by atoms with Gasteiger partial charge in [-0.2, -0.15) is 4.98 Å². The number of rotatable bonds is 4. The first kappa shape index (κ1) is 14.2. The second kappa shape index (κ2) is 5.86. The lowest BCUT2D eigenvalue weighted by Crippen LogP contribution is -2.16. The second-order valence-electron chi connectivity index (χ2n) is 4.64. The van der Waals surface area contributed by atoms with Crippen molar-refractivity contribution in [3.05, 3.63) is 46.3 Å². The van der Waals surface area contributed by atoms with Crippen LogP contribution in [0.2, 0.25) is 0 Å². The van der Waals surface area contributed by atoms with Crippen LogP contribution in [0.25, 0.3) is 11.1 Å². The summed E-state index contributed by atoms with van der Waals surface area (Å²) in [5.41, 5.74) is -0.600. The van der Waals surface area contributed by atoms with Gasteiger partial charge in [-0.15, -0.1) is 0 Å². The summed E-state index contributed by atoms with van der Waals surface area (Å²) in [5, 5.41) is 9.99. The summed E-state index contributed by atoms with van der Waals surface area (Å²) >= 11 is 0. The molecule has 0 fully saturated rings. The molecule has 0 atom stereocenters. The number of aromatic hydroxyl groups is 1. The highest BCUT2D eigenvalue weighted by Crippen LogP contribution is 2.28. The highest BCUT2D eigenvalue weighted by atomic mass is 19.1. The summed E-state index contributed by atoms with van der Waals surface area (Å²) in [7, 11) is 0. The van der Waals surface area contributed by atoms with Gasteiger partial charge >= 0.3 is 0 Å². The van der Waals surface area contributed by atoms with Crippen molar-refractivity contribution in [3.8, 4) is 17.0 Å². The third kappa shape index (κ3) is 2.57. The van der Waals surface area contributed by atoms with Gasteiger partial charge in [0, 0.05) is 11.5 Å². The van der Waals surface area contributed by atoms with E-state index < -0.39 is 17.3 Å². The third-order valence-corrected chi connectivity index (χ3v) is 3.43. The molecule has 1 aromatic carbocycles. The van der Waals surface area contributed by atoms with Gasteiger partial charge in [-0.05, 0) is 18.9 Å². The van der Waals surface area contributed by atoms with E-state index in [2.05, 4.69) is 9.97 Å². The average molecular weight is 276 g/mol. The molecular weight excluding hydrogens is 259 g/mol. The van der Waals surface area contributed by atoms with Crippen LogP contribution in [0.1, 0.15) is 38.4 Å². The van der Waals surface area contributed by atoms with Crippen molar-refractivity contribution >= 4 is 0 Å². The van der Waals surface area contributed by atoms with Gasteiger partial charge in [-0.3, -0.25) is 4.79 Å². The van der Waals surface area contributed by atoms with Crippen LogP contribution in [-0.2, 0) is 0 Å². The van der Waals surface area contributed by atoms with Crippen LogP contribution in [-0.4, -0.2) is 15.1 Å². The Bertz CT molecular complexity index is 663. The second-order valence-corrected chi connectivity index (χ2v) is 4.64. The normalized spacial score (nSPS) is 11.0. The molecule has 2 aromatic rings. The molecule has 1 aromatic heterocycles. The Kier molecular flexibility index (Phi) is 4.17. The SMILES string of the molecule is CCC(CC)c1nc(O)c(-c2ccccc2F)c(=O)[nH]1. The molecule has 0 aliphatic heterocycles. The number of H-pyrrole nitrogens is 1. The van der Waals surface area contributed by atoms with Crippen LogP contribution in [0.5, 0.6) is 5.88 Å². The van der Waals surface area contributed by atoms with Gasteiger partial charge in [0.15, 0.2) is 0 Å². The van der Waals surface area contributed by atoms with Crippen LogP contribution >= 0.6 is 0 Å². The molecule has 2 rings (SSSR count). The first-order chi connectivity index (χ1) is 9.58. The van der Waals surface area contributed by atoms with Gasteiger partial charge in [0.2, 0.25) is 5.88 Å². The summed E-state index contributed by atoms with van der Waals surface area (Å²) < 4.78 is 13.7. The fourth-order valence-electron chi connectivity index (χ4n) is 2.25. The van der Waals surface area contributed by atoms with Gasteiger partial charge in [0.1, 0.15) is 17.2 Å². The molecule has 0 saturated heterocycles. The topological polar surface area (TPSA) is 66.0 Å². The van der Waals surface area contributed by atoms with Crippen LogP contribution in [0.4, 0.5) is 4.39 Å². The van der Waals surface area contributed by atoms with Gasteiger partial charge < -0.3 is 10.1 Å². The largest absolute Gasteiger partial charge is 0.493 e. The fraction of sp³-hybridized carbons (Fsp3) is 0.333. The number of nitrogens with one attached hydrogen (secondary N) is 1. The zero-order valence-corrected chi connectivity index (χ0v) is 11.5. The van der Waals surface area contributed by atoms with E-state index in [9.17, 15) is 14.3 Å². The molecule has 0 radical (unpaired) electrons. The molecule has 0 unspecified atom stereocenters. The minimum atomic E-state index is -0.564. The molecule has 0 aliphatic carbocycles. The van der Waals surface area contributed by atoms with Gasteiger partial charge in [-0.25, -0.2) is 4.39 Å². The summed E-state index contributed by atoms with van der Waals surface area (Å²) in [6.45, 7) is 3.96. The van der Waals surface area contributed by atoms with E-state index >= 15 is 0 Å². The summed E-state index contributed by atoms with van der Waals surface area (Å²) in [4.78, 5) is 18.8. The number of aromatic amines is 1. The summed E-state index contributed by atoms with van der Waals surface area (Å²) in [6.07, 6.45) is 1.61. The quantitative estimate of drug-likeness (QED) is 0.901. The predicted octanol–water partition coefficient (Wildman–Crippen LogP) is 3.19. The van der Waals surface area contributed by atoms with E-state index in [1.165, 1.54) is 18.2 Å². The zero-order chi connectivity index (χ0) is 14.7. The molecule has 1 heterocycles. The van der Waals surface area contributed by atoms with Crippen LogP contribution in [0.15, 0.2) is 29.1 Å². The maximum Gasteiger partial charge on any atom is 0.262 e. The van der Waals surface area contributed by atoms with E-state index in [1.54, 1.807) is 6.07 Å². The van der Waals surface area contributed by atoms with Crippen LogP contribution in [0, 0.1) is 5.82 Å². The van der Waals surface area contributed by atoms with E-state index in [0.717, 1.165) is 12.8 Å². The Morgan fingerprint density at radius 3 is 2.50 bits per heavy atom. The van der Waals surface area contributed by atoms with Crippen molar-refractivity contribution in [1.82, 2.24) is 9.97 Å². The molecule has 0 aliphatic rings. The van der Waals surface area contributed by atoms with Crippen molar-refractivity contribution in [1.29, 1.82) is 0 Å². The van der Waals surface area contributed by atoms with Crippen molar-refractivity contribution in [3.63, 3.8) is 0 Å². The molecule has 5 heteroatoms. The van der Waals surface area contributed by atoms with Crippen LogP contribution in [0.3, 0.4) is 0 Å². The van der Waals surface area contributed by atoms with Gasteiger partial charge in [0.05, 0.1) is 0 Å². The Labute approximate surface area is 116 Å². The number of nitrogens with zero attached hydrogens (tertiary/aromatic N) is 1. The first-order valence-electron chi connectivity index (χ1n) is 6.66. The molecular formula is C15H17FN2O2. The molecule has 0 spiro atoms. The predicted molar refractivity (Wildman–Crippen MR) is 75.2 cm³/mol. The molecule has 2 N–H and O–H groups in total. The Balaban J connectivity index is 2.58. The maximum atomic E-state index is 13.7. The van der Waals surface area contributed by atoms with Crippen molar-refractivity contribution in [2.24, 2.45) is 0 Å². The lowest BCUT2D eigenvalue weighted by molar-refractivity contribution is 0.443. The highest BCUT2D eigenvalue weighted by Gasteiger charge is 2.18. The van der Waals surface area contributed by atoms with E-state index in [0.29, 0.717) is 5.82 Å². The van der Waals surface area contributed by atoms with Crippen molar-refractivity contribution in [2.75, 3.05) is 0 Å². The average Bonchev–Trinajstić information content (AvgIpc) is 2.41. The van der Waals surface area contributed by atoms with E-state index in [-0.39, 0.29) is 17.0 Å². The molecule has 0 bridgehead atoms. The number of hydrogen-bond acceptors (Lipinski definition) is 3. The van der Waals surface area contributed by atoms with Crippen LogP contribution < -0.4 is 5.56 Å². The Hall–Kier alpha value is -2.17. The lowest BCUT2D eigenvalue weighted by Gasteiger charge is -2.13. The van der Waals surface area contributed by atoms with E-state index in [4.69, 9.17) is 0 Å². The van der Waals surface area contributed by atoms with Gasteiger partial charge in [0.25, 0.3) is 5.56 Å². The highest BCUT2D eigenvalue weighted by molar-refractivity contribution is 5.67. The number of aromatic nitrogens is 2. The summed E-state index contributed by atoms with van der Waals surface area (Å²) in [6, 6.07) is 5.81. The van der Waals surface area contributed by atoms with Gasteiger partial charge in [-0.1, -0.05) is 32.0 Å². The number of halogens is 1. The molecule has 0 saturated carbocycles. The molecule has 0 amide bonds. The Morgan fingerprint density at radius 2 is 1.95 bits per heavy atom. The minimum Gasteiger partial charge on any atom is -0.493 e. The molecule has 20 heavy (non-hydrogen) atoms. The van der Waals surface area contributed by atoms with Crippen molar-refractivity contribution < 1.29 is 9.50 Å². The first-order valence-corrected chi connectivity index (χ1v) is 6.66. The van der Waals surface area contributed by atoms with E-state index in [1.807, 2.05) is 13.8 Å². The molecule has 106 valence electrons. The maximum absolute atomic E-state index is 13.7. The third-order valence-electron chi connectivity index (χ3n) is 3.43. The fourth-order valence-corrected chi connectivity index (χ4v) is 2.25. The Morgan fingerprint density at radius 1 is 1.30 bits per heavy atom. The smallest absolute Gasteiger partial charge is 0.262 e. The number of hydrogen-bond donors (Lipinski definition) is 2. The summed E-state index contributed by atoms with van der Waals surface area (Å²) in [5.74, 6) is -0.480. The standard InChI is InChI=1S/C15H17FN2O2/c1-3-9(4-2)13-17-14(19)12(15(20)18-13)10-7-5-6-8-11(10)16/h5-9H,3-4H2,1-2H3,(H2,17,18,19,20). The monoisotopic (exact) mass is 276 g/mol.